The van der Waals surface area contributed by atoms with Gasteiger partial charge in [0.05, 0.1) is 11.0 Å². The molecule has 1 aromatic heterocycles. The van der Waals surface area contributed by atoms with Crippen LogP contribution < -0.4 is 4.90 Å². The number of piperazine rings is 1. The number of nitro groups is 1. The van der Waals surface area contributed by atoms with Gasteiger partial charge in [-0.25, -0.2) is 14.2 Å². The van der Waals surface area contributed by atoms with Gasteiger partial charge in [0.1, 0.15) is 11.8 Å². The Hall–Kier alpha value is -2.49. The van der Waals surface area contributed by atoms with Crippen molar-refractivity contribution >= 4 is 17.6 Å². The van der Waals surface area contributed by atoms with Gasteiger partial charge in [0.2, 0.25) is 0 Å². The maximum atomic E-state index is 14.3. The van der Waals surface area contributed by atoms with Crippen molar-refractivity contribution in [2.75, 3.05) is 44.2 Å². The van der Waals surface area contributed by atoms with Gasteiger partial charge in [0, 0.05) is 45.3 Å². The van der Waals surface area contributed by atoms with E-state index in [1.807, 2.05) is 25.7 Å². The zero-order chi connectivity index (χ0) is 22.8. The van der Waals surface area contributed by atoms with Gasteiger partial charge in [-0.2, -0.15) is 0 Å². The Balaban J connectivity index is 1.49. The van der Waals surface area contributed by atoms with Crippen LogP contribution in [-0.2, 0) is 4.74 Å². The van der Waals surface area contributed by atoms with Crippen LogP contribution in [0, 0.1) is 21.8 Å². The van der Waals surface area contributed by atoms with E-state index in [9.17, 15) is 19.3 Å². The fourth-order valence-electron chi connectivity index (χ4n) is 4.17. The molecule has 31 heavy (non-hydrogen) atoms. The number of ether oxygens (including phenoxy) is 1. The minimum Gasteiger partial charge on any atom is -0.444 e. The normalized spacial score (nSPS) is 21.3. The molecule has 0 radical (unpaired) electrons. The number of carbonyl (C=O) groups is 1. The number of anilines is 1. The third-order valence-electron chi connectivity index (χ3n) is 5.84. The van der Waals surface area contributed by atoms with E-state index in [-0.39, 0.29) is 23.6 Å². The predicted molar refractivity (Wildman–Crippen MR) is 115 cm³/mol. The molecular formula is C21H32FN5O4. The average molecular weight is 438 g/mol. The standard InChI is InChI=1S/C21H32FN5O4/c1-15-13-26(19-18(22)11-17(12-23-19)27(29)30)10-9-25(15)14-16-5-7-24(8-6-16)20(28)31-21(2,3)4/h11-12,15-16H,5-10,13-14H2,1-4H3/t15-/m1/s1. The summed E-state index contributed by atoms with van der Waals surface area (Å²) in [6.07, 6.45) is 2.73. The number of piperidine rings is 1. The van der Waals surface area contributed by atoms with Crippen LogP contribution in [0.1, 0.15) is 40.5 Å². The van der Waals surface area contributed by atoms with Crippen LogP contribution in [0.25, 0.3) is 0 Å². The minimum atomic E-state index is -0.663. The SMILES string of the molecule is C[C@@H]1CN(c2ncc([N+](=O)[O-])cc2F)CCN1CC1CCN(C(=O)OC(C)(C)C)CC1. The first kappa shape index (κ1) is 23.2. The summed E-state index contributed by atoms with van der Waals surface area (Å²) in [6.45, 7) is 12.0. The smallest absolute Gasteiger partial charge is 0.410 e. The van der Waals surface area contributed by atoms with E-state index >= 15 is 0 Å². The first-order valence-electron chi connectivity index (χ1n) is 10.8. The molecule has 0 aromatic carbocycles. The van der Waals surface area contributed by atoms with Crippen molar-refractivity contribution in [3.8, 4) is 0 Å². The van der Waals surface area contributed by atoms with Crippen LogP contribution in [-0.4, -0.2) is 76.7 Å². The summed E-state index contributed by atoms with van der Waals surface area (Å²) in [4.78, 5) is 32.4. The van der Waals surface area contributed by atoms with E-state index < -0.39 is 16.3 Å². The molecule has 10 heteroatoms. The summed E-state index contributed by atoms with van der Waals surface area (Å²) < 4.78 is 19.8. The summed E-state index contributed by atoms with van der Waals surface area (Å²) in [5, 5.41) is 10.8. The Morgan fingerprint density at radius 1 is 1.29 bits per heavy atom. The predicted octanol–water partition coefficient (Wildman–Crippen LogP) is 3.29. The summed E-state index contributed by atoms with van der Waals surface area (Å²) in [7, 11) is 0. The highest BCUT2D eigenvalue weighted by Gasteiger charge is 2.31. The average Bonchev–Trinajstić information content (AvgIpc) is 2.68. The van der Waals surface area contributed by atoms with Crippen molar-refractivity contribution in [1.29, 1.82) is 0 Å². The number of hydrogen-bond acceptors (Lipinski definition) is 7. The second kappa shape index (κ2) is 9.33. The first-order chi connectivity index (χ1) is 14.5. The summed E-state index contributed by atoms with van der Waals surface area (Å²) >= 11 is 0. The maximum Gasteiger partial charge on any atom is 0.410 e. The number of carbonyl (C=O) groups excluding carboxylic acids is 1. The van der Waals surface area contributed by atoms with Crippen molar-refractivity contribution in [1.82, 2.24) is 14.8 Å². The fraction of sp³-hybridized carbons (Fsp3) is 0.714. The van der Waals surface area contributed by atoms with Crippen LogP contribution in [0.5, 0.6) is 0 Å². The second-order valence-corrected chi connectivity index (χ2v) is 9.46. The number of likely N-dealkylation sites (tertiary alicyclic amines) is 1. The molecule has 2 saturated heterocycles. The highest BCUT2D eigenvalue weighted by Crippen LogP contribution is 2.26. The molecule has 1 amide bonds. The minimum absolute atomic E-state index is 0.169. The Morgan fingerprint density at radius 2 is 1.97 bits per heavy atom. The van der Waals surface area contributed by atoms with E-state index in [1.165, 1.54) is 0 Å². The Morgan fingerprint density at radius 3 is 2.52 bits per heavy atom. The van der Waals surface area contributed by atoms with Gasteiger partial charge < -0.3 is 14.5 Å². The van der Waals surface area contributed by atoms with E-state index in [2.05, 4.69) is 16.8 Å². The summed E-state index contributed by atoms with van der Waals surface area (Å²) in [5.74, 6) is 0.00839. The van der Waals surface area contributed by atoms with Crippen molar-refractivity contribution in [2.45, 2.75) is 52.2 Å². The van der Waals surface area contributed by atoms with E-state index in [1.54, 1.807) is 4.90 Å². The van der Waals surface area contributed by atoms with Crippen LogP contribution in [0.2, 0.25) is 0 Å². The highest BCUT2D eigenvalue weighted by atomic mass is 19.1. The first-order valence-corrected chi connectivity index (χ1v) is 10.8. The molecular weight excluding hydrogens is 405 g/mol. The van der Waals surface area contributed by atoms with Gasteiger partial charge in [0.25, 0.3) is 5.69 Å². The molecule has 0 aliphatic carbocycles. The molecule has 1 atom stereocenters. The van der Waals surface area contributed by atoms with Gasteiger partial charge >= 0.3 is 6.09 Å². The Bertz CT molecular complexity index is 807. The van der Waals surface area contributed by atoms with E-state index in [0.29, 0.717) is 32.1 Å². The zero-order valence-electron chi connectivity index (χ0n) is 18.7. The third kappa shape index (κ3) is 6.03. The molecule has 2 aliphatic rings. The lowest BCUT2D eigenvalue weighted by Crippen LogP contribution is -2.54. The van der Waals surface area contributed by atoms with E-state index in [4.69, 9.17) is 4.74 Å². The van der Waals surface area contributed by atoms with E-state index in [0.717, 1.165) is 38.2 Å². The number of nitrogens with zero attached hydrogens (tertiary/aromatic N) is 5. The van der Waals surface area contributed by atoms with Crippen LogP contribution in [0.3, 0.4) is 0 Å². The number of hydrogen-bond donors (Lipinski definition) is 0. The number of rotatable bonds is 4. The monoisotopic (exact) mass is 437 g/mol. The molecule has 0 spiro atoms. The molecule has 2 fully saturated rings. The lowest BCUT2D eigenvalue weighted by atomic mass is 9.95. The van der Waals surface area contributed by atoms with Gasteiger partial charge in [-0.1, -0.05) is 0 Å². The van der Waals surface area contributed by atoms with Gasteiger partial charge in [0.15, 0.2) is 11.6 Å². The van der Waals surface area contributed by atoms with Crippen molar-refractivity contribution in [2.24, 2.45) is 5.92 Å². The molecule has 0 saturated carbocycles. The topological polar surface area (TPSA) is 92.0 Å². The number of halogens is 1. The third-order valence-corrected chi connectivity index (χ3v) is 5.84. The largest absolute Gasteiger partial charge is 0.444 e. The molecule has 0 unspecified atom stereocenters. The molecule has 172 valence electrons. The van der Waals surface area contributed by atoms with Crippen LogP contribution >= 0.6 is 0 Å². The van der Waals surface area contributed by atoms with Crippen molar-refractivity contribution in [3.63, 3.8) is 0 Å². The number of pyridine rings is 1. The summed E-state index contributed by atoms with van der Waals surface area (Å²) in [5.41, 5.74) is -0.827. The second-order valence-electron chi connectivity index (χ2n) is 9.46. The van der Waals surface area contributed by atoms with Crippen LogP contribution in [0.4, 0.5) is 20.7 Å². The Kier molecular flexibility index (Phi) is 6.98. The van der Waals surface area contributed by atoms with Gasteiger partial charge in [-0.15, -0.1) is 0 Å². The quantitative estimate of drug-likeness (QED) is 0.527. The molecule has 9 nitrogen and oxygen atoms in total. The van der Waals surface area contributed by atoms with Crippen LogP contribution in [0.15, 0.2) is 12.3 Å². The van der Waals surface area contributed by atoms with Crippen molar-refractivity contribution < 1.29 is 18.8 Å². The molecule has 0 N–H and O–H groups in total. The maximum absolute atomic E-state index is 14.3. The molecule has 3 rings (SSSR count). The molecule has 1 aromatic rings. The zero-order valence-corrected chi connectivity index (χ0v) is 18.7. The number of aromatic nitrogens is 1. The highest BCUT2D eigenvalue weighted by molar-refractivity contribution is 5.68. The summed E-state index contributed by atoms with van der Waals surface area (Å²) in [6, 6.07) is 1.13. The fourth-order valence-corrected chi connectivity index (χ4v) is 4.17. The lowest BCUT2D eigenvalue weighted by molar-refractivity contribution is -0.385. The molecule has 0 bridgehead atoms. The van der Waals surface area contributed by atoms with Crippen molar-refractivity contribution in [3.05, 3.63) is 28.2 Å². The van der Waals surface area contributed by atoms with Gasteiger partial charge in [-0.3, -0.25) is 15.0 Å². The molecule has 3 heterocycles. The molecule has 2 aliphatic heterocycles. The van der Waals surface area contributed by atoms with Gasteiger partial charge in [-0.05, 0) is 46.5 Å². The lowest BCUT2D eigenvalue weighted by Gasteiger charge is -2.43. The Labute approximate surface area is 182 Å². The number of amides is 1.